The molecule has 1 aromatic heterocycles. The van der Waals surface area contributed by atoms with Crippen molar-refractivity contribution in [3.63, 3.8) is 0 Å². The van der Waals surface area contributed by atoms with Crippen LogP contribution in [-0.2, 0) is 6.42 Å². The Kier molecular flexibility index (Phi) is 3.51. The maximum Gasteiger partial charge on any atom is 0.194 e. The topological polar surface area (TPSA) is 39.4 Å². The summed E-state index contributed by atoms with van der Waals surface area (Å²) in [5, 5.41) is 0. The number of hydrogen-bond donors (Lipinski definition) is 0. The highest BCUT2D eigenvalue weighted by molar-refractivity contribution is 5.91. The molecule has 0 saturated carbocycles. The highest BCUT2D eigenvalue weighted by Gasteiger charge is 2.10. The SMILES string of the molecule is COc1ccc(C)cc1Cc1ccc(C(C)=O)o1. The summed E-state index contributed by atoms with van der Waals surface area (Å²) in [5.41, 5.74) is 2.23. The fourth-order valence-electron chi connectivity index (χ4n) is 1.90. The van der Waals surface area contributed by atoms with Crippen LogP contribution in [0, 0.1) is 6.92 Å². The first-order chi connectivity index (χ1) is 8.60. The van der Waals surface area contributed by atoms with E-state index in [9.17, 15) is 4.79 Å². The van der Waals surface area contributed by atoms with Crippen molar-refractivity contribution >= 4 is 5.78 Å². The standard InChI is InChI=1S/C15H16O3/c1-10-4-6-15(17-3)12(8-10)9-13-5-7-14(18-13)11(2)16/h4-8H,9H2,1-3H3. The van der Waals surface area contributed by atoms with E-state index in [0.29, 0.717) is 12.2 Å². The van der Waals surface area contributed by atoms with Gasteiger partial charge in [-0.1, -0.05) is 17.7 Å². The lowest BCUT2D eigenvalue weighted by Gasteiger charge is -2.08. The smallest absolute Gasteiger partial charge is 0.194 e. The largest absolute Gasteiger partial charge is 0.496 e. The van der Waals surface area contributed by atoms with Gasteiger partial charge in [0, 0.05) is 18.9 Å². The summed E-state index contributed by atoms with van der Waals surface area (Å²) in [7, 11) is 1.65. The van der Waals surface area contributed by atoms with E-state index in [2.05, 4.69) is 6.07 Å². The van der Waals surface area contributed by atoms with Gasteiger partial charge in [-0.3, -0.25) is 4.79 Å². The number of rotatable bonds is 4. The Bertz CT molecular complexity index is 567. The third-order valence-electron chi connectivity index (χ3n) is 2.81. The number of hydrogen-bond acceptors (Lipinski definition) is 3. The van der Waals surface area contributed by atoms with E-state index in [0.717, 1.165) is 17.1 Å². The van der Waals surface area contributed by atoms with Crippen LogP contribution in [0.1, 0.15) is 34.4 Å². The van der Waals surface area contributed by atoms with Crippen molar-refractivity contribution in [1.82, 2.24) is 0 Å². The number of carbonyl (C=O) groups excluding carboxylic acids is 1. The molecule has 0 bridgehead atoms. The summed E-state index contributed by atoms with van der Waals surface area (Å²) in [6, 6.07) is 9.55. The summed E-state index contributed by atoms with van der Waals surface area (Å²) in [6.07, 6.45) is 0.623. The Morgan fingerprint density at radius 1 is 1.28 bits per heavy atom. The van der Waals surface area contributed by atoms with Gasteiger partial charge in [0.25, 0.3) is 0 Å². The molecular formula is C15H16O3. The van der Waals surface area contributed by atoms with Crippen LogP contribution >= 0.6 is 0 Å². The number of furan rings is 1. The molecule has 0 unspecified atom stereocenters. The Labute approximate surface area is 106 Å². The molecule has 1 aromatic carbocycles. The van der Waals surface area contributed by atoms with Gasteiger partial charge < -0.3 is 9.15 Å². The lowest BCUT2D eigenvalue weighted by Crippen LogP contribution is -1.94. The van der Waals surface area contributed by atoms with E-state index in [1.165, 1.54) is 12.5 Å². The molecule has 18 heavy (non-hydrogen) atoms. The summed E-state index contributed by atoms with van der Waals surface area (Å²) >= 11 is 0. The number of Topliss-reactive ketones (excluding diaryl/α,β-unsaturated/α-hetero) is 1. The fraction of sp³-hybridized carbons (Fsp3) is 0.267. The van der Waals surface area contributed by atoms with Gasteiger partial charge in [-0.25, -0.2) is 0 Å². The molecule has 0 radical (unpaired) electrons. The van der Waals surface area contributed by atoms with E-state index in [1.54, 1.807) is 13.2 Å². The van der Waals surface area contributed by atoms with Crippen LogP contribution in [-0.4, -0.2) is 12.9 Å². The predicted molar refractivity (Wildman–Crippen MR) is 69.2 cm³/mol. The lowest BCUT2D eigenvalue weighted by atomic mass is 10.1. The Balaban J connectivity index is 2.27. The molecule has 0 amide bonds. The number of methoxy groups -OCH3 is 1. The van der Waals surface area contributed by atoms with Crippen molar-refractivity contribution in [2.45, 2.75) is 20.3 Å². The van der Waals surface area contributed by atoms with Gasteiger partial charge in [0.15, 0.2) is 11.5 Å². The minimum Gasteiger partial charge on any atom is -0.496 e. The first-order valence-corrected chi connectivity index (χ1v) is 5.83. The van der Waals surface area contributed by atoms with E-state index in [4.69, 9.17) is 9.15 Å². The van der Waals surface area contributed by atoms with Gasteiger partial charge in [-0.05, 0) is 25.1 Å². The maximum absolute atomic E-state index is 11.2. The Morgan fingerprint density at radius 2 is 2.06 bits per heavy atom. The van der Waals surface area contributed by atoms with Crippen LogP contribution in [0.4, 0.5) is 0 Å². The van der Waals surface area contributed by atoms with Crippen molar-refractivity contribution in [2.75, 3.05) is 7.11 Å². The number of ether oxygens (including phenoxy) is 1. The molecule has 0 N–H and O–H groups in total. The number of aryl methyl sites for hydroxylation is 1. The average Bonchev–Trinajstić information content (AvgIpc) is 2.78. The molecule has 0 spiro atoms. The highest BCUT2D eigenvalue weighted by Crippen LogP contribution is 2.23. The monoisotopic (exact) mass is 244 g/mol. The van der Waals surface area contributed by atoms with E-state index >= 15 is 0 Å². The second-order valence-corrected chi connectivity index (χ2v) is 4.31. The molecule has 0 aliphatic carbocycles. The van der Waals surface area contributed by atoms with Crippen molar-refractivity contribution in [1.29, 1.82) is 0 Å². The van der Waals surface area contributed by atoms with Gasteiger partial charge in [0.05, 0.1) is 7.11 Å². The van der Waals surface area contributed by atoms with Gasteiger partial charge in [0.1, 0.15) is 11.5 Å². The number of carbonyl (C=O) groups is 1. The fourth-order valence-corrected chi connectivity index (χ4v) is 1.90. The second-order valence-electron chi connectivity index (χ2n) is 4.31. The van der Waals surface area contributed by atoms with Crippen LogP contribution in [0.25, 0.3) is 0 Å². The van der Waals surface area contributed by atoms with Crippen LogP contribution in [0.2, 0.25) is 0 Å². The third kappa shape index (κ3) is 2.62. The normalized spacial score (nSPS) is 10.4. The van der Waals surface area contributed by atoms with Crippen LogP contribution in [0.5, 0.6) is 5.75 Å². The summed E-state index contributed by atoms with van der Waals surface area (Å²) < 4.78 is 10.8. The van der Waals surface area contributed by atoms with Crippen molar-refractivity contribution in [3.8, 4) is 5.75 Å². The Hall–Kier alpha value is -2.03. The summed E-state index contributed by atoms with van der Waals surface area (Å²) in [5.74, 6) is 1.94. The number of ketones is 1. The molecule has 94 valence electrons. The maximum atomic E-state index is 11.2. The Morgan fingerprint density at radius 3 is 2.67 bits per heavy atom. The third-order valence-corrected chi connectivity index (χ3v) is 2.81. The van der Waals surface area contributed by atoms with Gasteiger partial charge in [0.2, 0.25) is 0 Å². The molecule has 0 aliphatic rings. The van der Waals surface area contributed by atoms with Crippen molar-refractivity contribution in [3.05, 3.63) is 53.0 Å². The molecule has 3 nitrogen and oxygen atoms in total. The molecule has 2 aromatic rings. The van der Waals surface area contributed by atoms with Crippen LogP contribution in [0.3, 0.4) is 0 Å². The van der Waals surface area contributed by atoms with Crippen LogP contribution in [0.15, 0.2) is 34.7 Å². The first kappa shape index (κ1) is 12.4. The second kappa shape index (κ2) is 5.08. The summed E-state index contributed by atoms with van der Waals surface area (Å²) in [4.78, 5) is 11.2. The minimum absolute atomic E-state index is 0.0579. The van der Waals surface area contributed by atoms with E-state index in [1.807, 2.05) is 25.1 Å². The molecule has 1 heterocycles. The predicted octanol–water partition coefficient (Wildman–Crippen LogP) is 3.39. The molecule has 2 rings (SSSR count). The first-order valence-electron chi connectivity index (χ1n) is 5.83. The number of benzene rings is 1. The molecule has 0 fully saturated rings. The lowest BCUT2D eigenvalue weighted by molar-refractivity contribution is 0.0985. The zero-order valence-corrected chi connectivity index (χ0v) is 10.8. The van der Waals surface area contributed by atoms with E-state index < -0.39 is 0 Å². The summed E-state index contributed by atoms with van der Waals surface area (Å²) in [6.45, 7) is 3.53. The van der Waals surface area contributed by atoms with Gasteiger partial charge in [-0.2, -0.15) is 0 Å². The quantitative estimate of drug-likeness (QED) is 0.774. The molecule has 0 atom stereocenters. The average molecular weight is 244 g/mol. The molecular weight excluding hydrogens is 228 g/mol. The highest BCUT2D eigenvalue weighted by atomic mass is 16.5. The minimum atomic E-state index is -0.0579. The zero-order chi connectivity index (χ0) is 13.1. The van der Waals surface area contributed by atoms with Crippen molar-refractivity contribution < 1.29 is 13.9 Å². The van der Waals surface area contributed by atoms with Gasteiger partial charge >= 0.3 is 0 Å². The zero-order valence-electron chi connectivity index (χ0n) is 10.8. The van der Waals surface area contributed by atoms with Crippen LogP contribution < -0.4 is 4.74 Å². The molecule has 0 saturated heterocycles. The molecule has 0 aliphatic heterocycles. The van der Waals surface area contributed by atoms with Gasteiger partial charge in [-0.15, -0.1) is 0 Å². The molecule has 3 heteroatoms. The van der Waals surface area contributed by atoms with E-state index in [-0.39, 0.29) is 5.78 Å². The van der Waals surface area contributed by atoms with Crippen molar-refractivity contribution in [2.24, 2.45) is 0 Å².